The molecule has 1 aromatic carbocycles. The first-order valence-electron chi connectivity index (χ1n) is 4.30. The first-order valence-corrected chi connectivity index (χ1v) is 4.30. The van der Waals surface area contributed by atoms with Crippen LogP contribution in [-0.2, 0) is 22.3 Å². The molecule has 1 aromatic rings. The van der Waals surface area contributed by atoms with Crippen molar-refractivity contribution in [2.24, 2.45) is 0 Å². The van der Waals surface area contributed by atoms with E-state index in [1.807, 2.05) is 0 Å². The first-order chi connectivity index (χ1) is 7.32. The monoisotopic (exact) mass is 236 g/mol. The molecule has 0 aliphatic carbocycles. The van der Waals surface area contributed by atoms with Gasteiger partial charge >= 0.3 is 12.1 Å². The molecule has 88 valence electrons. The normalized spacial score (nSPS) is 11.3. The maximum atomic E-state index is 13.0. The largest absolute Gasteiger partial charge is 0.461 e. The Hall–Kier alpha value is -1.59. The molecule has 6 heteroatoms. The van der Waals surface area contributed by atoms with Crippen LogP contribution in [0.2, 0.25) is 0 Å². The zero-order valence-corrected chi connectivity index (χ0v) is 8.27. The number of benzene rings is 1. The van der Waals surface area contributed by atoms with Gasteiger partial charge in [-0.2, -0.15) is 13.2 Å². The van der Waals surface area contributed by atoms with Crippen molar-refractivity contribution in [3.63, 3.8) is 0 Å². The molecule has 1 rings (SSSR count). The van der Waals surface area contributed by atoms with Crippen LogP contribution >= 0.6 is 0 Å². The smallest absolute Gasteiger partial charge is 0.419 e. The summed E-state index contributed by atoms with van der Waals surface area (Å²) in [5.74, 6) is -2.10. The van der Waals surface area contributed by atoms with Gasteiger partial charge in [-0.25, -0.2) is 4.39 Å². The molecule has 0 heterocycles. The van der Waals surface area contributed by atoms with Gasteiger partial charge in [-0.05, 0) is 6.07 Å². The summed E-state index contributed by atoms with van der Waals surface area (Å²) < 4.78 is 54.8. The van der Waals surface area contributed by atoms with Crippen LogP contribution in [0.15, 0.2) is 18.2 Å². The van der Waals surface area contributed by atoms with Crippen molar-refractivity contribution in [3.8, 4) is 0 Å². The Kier molecular flexibility index (Phi) is 3.51. The lowest BCUT2D eigenvalue weighted by molar-refractivity contribution is -0.146. The van der Waals surface area contributed by atoms with Gasteiger partial charge in [0, 0.05) is 12.5 Å². The maximum Gasteiger partial charge on any atom is 0.419 e. The SMILES string of the molecule is CC(=O)OCc1cccc(F)c1C(F)(F)F. The van der Waals surface area contributed by atoms with Gasteiger partial charge in [-0.1, -0.05) is 12.1 Å². The second-order valence-electron chi connectivity index (χ2n) is 3.05. The molecule has 16 heavy (non-hydrogen) atoms. The summed E-state index contributed by atoms with van der Waals surface area (Å²) in [6, 6.07) is 2.90. The number of alkyl halides is 3. The van der Waals surface area contributed by atoms with Crippen LogP contribution < -0.4 is 0 Å². The van der Waals surface area contributed by atoms with E-state index in [4.69, 9.17) is 0 Å². The van der Waals surface area contributed by atoms with Crippen LogP contribution in [0.25, 0.3) is 0 Å². The van der Waals surface area contributed by atoms with Crippen LogP contribution in [0.1, 0.15) is 18.1 Å². The molecule has 0 aliphatic heterocycles. The molecule has 0 saturated heterocycles. The van der Waals surface area contributed by atoms with Crippen molar-refractivity contribution in [3.05, 3.63) is 35.1 Å². The van der Waals surface area contributed by atoms with E-state index in [-0.39, 0.29) is 0 Å². The van der Waals surface area contributed by atoms with Crippen LogP contribution in [0, 0.1) is 5.82 Å². The fraction of sp³-hybridized carbons (Fsp3) is 0.300. The van der Waals surface area contributed by atoms with Crippen LogP contribution in [0.4, 0.5) is 17.6 Å². The molecule has 0 bridgehead atoms. The minimum atomic E-state index is -4.80. The van der Waals surface area contributed by atoms with E-state index in [0.717, 1.165) is 19.1 Å². The van der Waals surface area contributed by atoms with Gasteiger partial charge in [0.05, 0.1) is 5.56 Å². The molecule has 0 N–H and O–H groups in total. The maximum absolute atomic E-state index is 13.0. The zero-order chi connectivity index (χ0) is 12.3. The summed E-state index contributed by atoms with van der Waals surface area (Å²) >= 11 is 0. The van der Waals surface area contributed by atoms with E-state index in [0.29, 0.717) is 6.07 Å². The van der Waals surface area contributed by atoms with E-state index in [1.165, 1.54) is 0 Å². The second kappa shape index (κ2) is 4.51. The molecular formula is C10H8F4O2. The van der Waals surface area contributed by atoms with Crippen molar-refractivity contribution in [2.75, 3.05) is 0 Å². The summed E-state index contributed by atoms with van der Waals surface area (Å²) in [6.45, 7) is 0.467. The highest BCUT2D eigenvalue weighted by Crippen LogP contribution is 2.34. The predicted molar refractivity (Wildman–Crippen MR) is 46.9 cm³/mol. The average Bonchev–Trinajstić information content (AvgIpc) is 2.12. The van der Waals surface area contributed by atoms with Crippen LogP contribution in [0.3, 0.4) is 0 Å². The van der Waals surface area contributed by atoms with E-state index in [2.05, 4.69) is 4.74 Å². The Morgan fingerprint density at radius 1 is 1.38 bits per heavy atom. The van der Waals surface area contributed by atoms with E-state index >= 15 is 0 Å². The third-order valence-electron chi connectivity index (χ3n) is 1.81. The van der Waals surface area contributed by atoms with Gasteiger partial charge in [0.15, 0.2) is 0 Å². The zero-order valence-electron chi connectivity index (χ0n) is 8.27. The third kappa shape index (κ3) is 2.95. The highest BCUT2D eigenvalue weighted by molar-refractivity contribution is 5.66. The number of esters is 1. The van der Waals surface area contributed by atoms with Gasteiger partial charge in [-0.3, -0.25) is 4.79 Å². The van der Waals surface area contributed by atoms with Crippen LogP contribution in [-0.4, -0.2) is 5.97 Å². The first kappa shape index (κ1) is 12.5. The number of ether oxygens (including phenoxy) is 1. The van der Waals surface area contributed by atoms with Gasteiger partial charge in [-0.15, -0.1) is 0 Å². The van der Waals surface area contributed by atoms with Crippen molar-refractivity contribution in [1.82, 2.24) is 0 Å². The summed E-state index contributed by atoms with van der Waals surface area (Å²) in [6.07, 6.45) is -4.80. The molecule has 0 spiro atoms. The third-order valence-corrected chi connectivity index (χ3v) is 1.81. The topological polar surface area (TPSA) is 26.3 Å². The molecule has 0 unspecified atom stereocenters. The van der Waals surface area contributed by atoms with E-state index < -0.39 is 35.7 Å². The molecule has 0 amide bonds. The lowest BCUT2D eigenvalue weighted by atomic mass is 10.1. The van der Waals surface area contributed by atoms with Gasteiger partial charge < -0.3 is 4.74 Å². The van der Waals surface area contributed by atoms with Crippen LogP contribution in [0.5, 0.6) is 0 Å². The Balaban J connectivity index is 3.08. The molecule has 2 nitrogen and oxygen atoms in total. The second-order valence-corrected chi connectivity index (χ2v) is 3.05. The lowest BCUT2D eigenvalue weighted by Crippen LogP contribution is -2.13. The number of carbonyl (C=O) groups is 1. The number of rotatable bonds is 2. The van der Waals surface area contributed by atoms with Crippen molar-refractivity contribution >= 4 is 5.97 Å². The molecular weight excluding hydrogens is 228 g/mol. The fourth-order valence-electron chi connectivity index (χ4n) is 1.19. The number of carbonyl (C=O) groups excluding carboxylic acids is 1. The van der Waals surface area contributed by atoms with Crippen molar-refractivity contribution < 1.29 is 27.1 Å². The summed E-state index contributed by atoms with van der Waals surface area (Å²) in [5.41, 5.74) is -1.79. The average molecular weight is 236 g/mol. The Labute approximate surface area is 88.8 Å². The summed E-state index contributed by atoms with van der Waals surface area (Å²) in [4.78, 5) is 10.5. The van der Waals surface area contributed by atoms with Crippen molar-refractivity contribution in [1.29, 1.82) is 0 Å². The highest BCUT2D eigenvalue weighted by atomic mass is 19.4. The van der Waals surface area contributed by atoms with Gasteiger partial charge in [0.2, 0.25) is 0 Å². The minimum Gasteiger partial charge on any atom is -0.461 e. The quantitative estimate of drug-likeness (QED) is 0.583. The van der Waals surface area contributed by atoms with Crippen molar-refractivity contribution in [2.45, 2.75) is 19.7 Å². The lowest BCUT2D eigenvalue weighted by Gasteiger charge is -2.13. The highest BCUT2D eigenvalue weighted by Gasteiger charge is 2.36. The molecule has 0 aromatic heterocycles. The number of halogens is 4. The molecule has 0 atom stereocenters. The van der Waals surface area contributed by atoms with Gasteiger partial charge in [0.25, 0.3) is 0 Å². The Morgan fingerprint density at radius 2 is 2.00 bits per heavy atom. The number of hydrogen-bond donors (Lipinski definition) is 0. The minimum absolute atomic E-state index is 0.400. The predicted octanol–water partition coefficient (Wildman–Crippen LogP) is 2.91. The molecule has 0 fully saturated rings. The molecule has 0 saturated carbocycles. The summed E-state index contributed by atoms with van der Waals surface area (Å²) in [7, 11) is 0. The number of hydrogen-bond acceptors (Lipinski definition) is 2. The fourth-order valence-corrected chi connectivity index (χ4v) is 1.19. The summed E-state index contributed by atoms with van der Waals surface area (Å²) in [5, 5.41) is 0. The molecule has 0 radical (unpaired) electrons. The standard InChI is InChI=1S/C10H8F4O2/c1-6(15)16-5-7-3-2-4-8(11)9(7)10(12,13)14/h2-4H,5H2,1H3. The van der Waals surface area contributed by atoms with E-state index in [1.54, 1.807) is 0 Å². The van der Waals surface area contributed by atoms with E-state index in [9.17, 15) is 22.4 Å². The Morgan fingerprint density at radius 3 is 2.50 bits per heavy atom. The Bertz CT molecular complexity index is 398. The molecule has 0 aliphatic rings. The van der Waals surface area contributed by atoms with Gasteiger partial charge in [0.1, 0.15) is 12.4 Å².